The van der Waals surface area contributed by atoms with Crippen molar-refractivity contribution in [2.45, 2.75) is 38.1 Å². The number of carbonyl (C=O) groups is 1. The molecule has 1 N–H and O–H groups in total. The highest BCUT2D eigenvalue weighted by Crippen LogP contribution is 2.25. The Balaban J connectivity index is 1.23. The number of hydrogen-bond acceptors (Lipinski definition) is 4. The first-order chi connectivity index (χ1) is 15.2. The highest BCUT2D eigenvalue weighted by Gasteiger charge is 2.26. The molecule has 2 aromatic rings. The molecule has 0 atom stereocenters. The maximum Gasteiger partial charge on any atom is 0.224 e. The summed E-state index contributed by atoms with van der Waals surface area (Å²) in [4.78, 5) is 20.0. The first-order valence-corrected chi connectivity index (χ1v) is 11.8. The molecule has 1 amide bonds. The Kier molecular flexibility index (Phi) is 7.60. The summed E-state index contributed by atoms with van der Waals surface area (Å²) in [7, 11) is 2.22. The van der Waals surface area contributed by atoms with Gasteiger partial charge in [-0.1, -0.05) is 36.4 Å². The van der Waals surface area contributed by atoms with Crippen LogP contribution in [0.25, 0.3) is 0 Å². The van der Waals surface area contributed by atoms with Crippen LogP contribution in [0.3, 0.4) is 0 Å². The molecular formula is C26H36N4O. The molecule has 2 fully saturated rings. The largest absolute Gasteiger partial charge is 0.371 e. The van der Waals surface area contributed by atoms with Crippen molar-refractivity contribution in [2.24, 2.45) is 0 Å². The molecule has 166 valence electrons. The molecule has 5 nitrogen and oxygen atoms in total. The van der Waals surface area contributed by atoms with Gasteiger partial charge in [0, 0.05) is 63.1 Å². The Hall–Kier alpha value is -2.37. The quantitative estimate of drug-likeness (QED) is 0.738. The first kappa shape index (κ1) is 21.8. The molecule has 2 aromatic carbocycles. The molecule has 31 heavy (non-hydrogen) atoms. The van der Waals surface area contributed by atoms with Gasteiger partial charge >= 0.3 is 0 Å². The fourth-order valence-electron chi connectivity index (χ4n) is 4.78. The summed E-state index contributed by atoms with van der Waals surface area (Å²) in [6.07, 6.45) is 4.81. The van der Waals surface area contributed by atoms with Gasteiger partial charge in [0.2, 0.25) is 5.91 Å². The molecule has 5 heteroatoms. The molecular weight excluding hydrogens is 384 g/mol. The molecule has 0 aliphatic carbocycles. The summed E-state index contributed by atoms with van der Waals surface area (Å²) in [6.45, 7) is 6.96. The Bertz CT molecular complexity index is 824. The number of piperidine rings is 1. The van der Waals surface area contributed by atoms with E-state index in [1.54, 1.807) is 0 Å². The lowest BCUT2D eigenvalue weighted by molar-refractivity contribution is -0.116. The van der Waals surface area contributed by atoms with Gasteiger partial charge in [0.1, 0.15) is 0 Å². The number of anilines is 2. The average Bonchev–Trinajstić information content (AvgIpc) is 2.81. The van der Waals surface area contributed by atoms with Crippen LogP contribution in [-0.4, -0.2) is 68.1 Å². The minimum absolute atomic E-state index is 0.0989. The normalized spacial score (nSPS) is 18.8. The number of piperazine rings is 1. The number of benzene rings is 2. The van der Waals surface area contributed by atoms with Crippen molar-refractivity contribution < 1.29 is 4.79 Å². The second-order valence-electron chi connectivity index (χ2n) is 9.00. The molecule has 2 heterocycles. The predicted octanol–water partition coefficient (Wildman–Crippen LogP) is 3.86. The number of likely N-dealkylation sites (N-methyl/N-ethyl adjacent to an activating group) is 1. The van der Waals surface area contributed by atoms with E-state index in [1.807, 2.05) is 12.1 Å². The van der Waals surface area contributed by atoms with Crippen LogP contribution in [0.5, 0.6) is 0 Å². The molecule has 0 saturated carbocycles. The van der Waals surface area contributed by atoms with E-state index in [-0.39, 0.29) is 5.91 Å². The van der Waals surface area contributed by atoms with Gasteiger partial charge in [-0.2, -0.15) is 0 Å². The Morgan fingerprint density at radius 3 is 2.42 bits per heavy atom. The van der Waals surface area contributed by atoms with Gasteiger partial charge in [-0.15, -0.1) is 0 Å². The van der Waals surface area contributed by atoms with Crippen molar-refractivity contribution in [3.05, 3.63) is 60.2 Å². The third-order valence-electron chi connectivity index (χ3n) is 6.73. The number of amides is 1. The number of aryl methyl sites for hydroxylation is 1. The van der Waals surface area contributed by atoms with Crippen LogP contribution in [-0.2, 0) is 11.2 Å². The minimum Gasteiger partial charge on any atom is -0.371 e. The lowest BCUT2D eigenvalue weighted by Crippen LogP contribution is -2.52. The van der Waals surface area contributed by atoms with Crippen molar-refractivity contribution in [3.63, 3.8) is 0 Å². The van der Waals surface area contributed by atoms with Crippen molar-refractivity contribution >= 4 is 17.3 Å². The van der Waals surface area contributed by atoms with E-state index in [0.29, 0.717) is 6.42 Å². The smallest absolute Gasteiger partial charge is 0.224 e. The fraction of sp³-hybridized carbons (Fsp3) is 0.500. The maximum atomic E-state index is 12.4. The zero-order valence-corrected chi connectivity index (χ0v) is 18.8. The Morgan fingerprint density at radius 2 is 1.68 bits per heavy atom. The average molecular weight is 421 g/mol. The number of hydrogen-bond donors (Lipinski definition) is 1. The first-order valence-electron chi connectivity index (χ1n) is 11.8. The van der Waals surface area contributed by atoms with Crippen LogP contribution < -0.4 is 10.2 Å². The number of rotatable bonds is 7. The van der Waals surface area contributed by atoms with Crippen LogP contribution in [0.2, 0.25) is 0 Å². The molecule has 0 radical (unpaired) electrons. The summed E-state index contributed by atoms with van der Waals surface area (Å²) >= 11 is 0. The summed E-state index contributed by atoms with van der Waals surface area (Å²) in [6, 6.07) is 19.4. The van der Waals surface area contributed by atoms with E-state index >= 15 is 0 Å². The van der Waals surface area contributed by atoms with Crippen LogP contribution in [0, 0.1) is 0 Å². The van der Waals surface area contributed by atoms with E-state index in [1.165, 1.54) is 50.3 Å². The topological polar surface area (TPSA) is 38.8 Å². The lowest BCUT2D eigenvalue weighted by Gasteiger charge is -2.42. The molecule has 4 rings (SSSR count). The third-order valence-corrected chi connectivity index (χ3v) is 6.73. The minimum atomic E-state index is 0.0989. The highest BCUT2D eigenvalue weighted by atomic mass is 16.1. The Labute approximate surface area is 187 Å². The summed E-state index contributed by atoms with van der Waals surface area (Å²) in [5.74, 6) is 0.0989. The van der Waals surface area contributed by atoms with E-state index in [9.17, 15) is 4.79 Å². The van der Waals surface area contributed by atoms with Gasteiger partial charge in [-0.25, -0.2) is 0 Å². The summed E-state index contributed by atoms with van der Waals surface area (Å²) in [5, 5.41) is 3.09. The second-order valence-corrected chi connectivity index (χ2v) is 9.00. The van der Waals surface area contributed by atoms with E-state index in [4.69, 9.17) is 0 Å². The number of carbonyl (C=O) groups excluding carboxylic acids is 1. The van der Waals surface area contributed by atoms with Crippen LogP contribution in [0.15, 0.2) is 54.6 Å². The third kappa shape index (κ3) is 6.31. The van der Waals surface area contributed by atoms with E-state index in [0.717, 1.165) is 37.7 Å². The van der Waals surface area contributed by atoms with Crippen molar-refractivity contribution in [3.8, 4) is 0 Å². The van der Waals surface area contributed by atoms with Crippen molar-refractivity contribution in [1.29, 1.82) is 0 Å². The van der Waals surface area contributed by atoms with Crippen molar-refractivity contribution in [1.82, 2.24) is 9.80 Å². The monoisotopic (exact) mass is 420 g/mol. The molecule has 2 saturated heterocycles. The predicted molar refractivity (Wildman–Crippen MR) is 129 cm³/mol. The van der Waals surface area contributed by atoms with E-state index in [2.05, 4.69) is 69.5 Å². The molecule has 0 unspecified atom stereocenters. The fourth-order valence-corrected chi connectivity index (χ4v) is 4.78. The molecule has 2 aliphatic heterocycles. The number of nitrogens with one attached hydrogen (secondary N) is 1. The Morgan fingerprint density at radius 1 is 0.935 bits per heavy atom. The standard InChI is InChI=1S/C26H36N4O/c1-28-17-19-30(20-18-28)24-13-15-29(16-14-24)25-11-6-10-23(21-25)27-26(31)12-5-9-22-7-3-2-4-8-22/h2-4,6-8,10-11,21,24H,5,9,12-20H2,1H3,(H,27,31). The maximum absolute atomic E-state index is 12.4. The molecule has 0 aromatic heterocycles. The van der Waals surface area contributed by atoms with Gasteiger partial charge < -0.3 is 15.1 Å². The molecule has 0 spiro atoms. The van der Waals surface area contributed by atoms with E-state index < -0.39 is 0 Å². The number of nitrogens with zero attached hydrogens (tertiary/aromatic N) is 3. The van der Waals surface area contributed by atoms with Gasteiger partial charge in [-0.05, 0) is 56.5 Å². The van der Waals surface area contributed by atoms with Crippen LogP contribution in [0.1, 0.15) is 31.2 Å². The van der Waals surface area contributed by atoms with Crippen molar-refractivity contribution in [2.75, 3.05) is 56.5 Å². The van der Waals surface area contributed by atoms with Gasteiger partial charge in [-0.3, -0.25) is 9.69 Å². The molecule has 0 bridgehead atoms. The van der Waals surface area contributed by atoms with Gasteiger partial charge in [0.15, 0.2) is 0 Å². The summed E-state index contributed by atoms with van der Waals surface area (Å²) in [5.41, 5.74) is 3.42. The SMILES string of the molecule is CN1CCN(C2CCN(c3cccc(NC(=O)CCCc4ccccc4)c3)CC2)CC1. The van der Waals surface area contributed by atoms with Crippen LogP contribution in [0.4, 0.5) is 11.4 Å². The van der Waals surface area contributed by atoms with Gasteiger partial charge in [0.05, 0.1) is 0 Å². The summed E-state index contributed by atoms with van der Waals surface area (Å²) < 4.78 is 0. The lowest BCUT2D eigenvalue weighted by atomic mass is 10.0. The van der Waals surface area contributed by atoms with Crippen LogP contribution >= 0.6 is 0 Å². The zero-order chi connectivity index (χ0) is 21.5. The zero-order valence-electron chi connectivity index (χ0n) is 18.8. The second kappa shape index (κ2) is 10.8. The van der Waals surface area contributed by atoms with Gasteiger partial charge in [0.25, 0.3) is 0 Å². The molecule has 2 aliphatic rings. The highest BCUT2D eigenvalue weighted by molar-refractivity contribution is 5.91.